The fourth-order valence-corrected chi connectivity index (χ4v) is 3.57. The third-order valence-electron chi connectivity index (χ3n) is 2.97. The van der Waals surface area contributed by atoms with E-state index in [0.29, 0.717) is 14.9 Å². The van der Waals surface area contributed by atoms with Gasteiger partial charge in [0.15, 0.2) is 0 Å². The van der Waals surface area contributed by atoms with Crippen molar-refractivity contribution >= 4 is 56.7 Å². The lowest BCUT2D eigenvalue weighted by Gasteiger charge is -1.97. The second-order valence-electron chi connectivity index (χ2n) is 4.50. The number of thiophene rings is 1. The molecule has 1 amide bonds. The van der Waals surface area contributed by atoms with Crippen molar-refractivity contribution in [1.82, 2.24) is 5.43 Å². The van der Waals surface area contributed by atoms with Crippen molar-refractivity contribution in [3.05, 3.63) is 69.0 Å². The molecule has 0 saturated heterocycles. The molecule has 0 aliphatic heterocycles. The van der Waals surface area contributed by atoms with Gasteiger partial charge in [0.1, 0.15) is 4.88 Å². The molecule has 0 atom stereocenters. The second-order valence-corrected chi connectivity index (χ2v) is 6.36. The predicted octanol–water partition coefficient (Wildman–Crippen LogP) is 4.97. The van der Waals surface area contributed by atoms with Gasteiger partial charge in [0.2, 0.25) is 0 Å². The van der Waals surface area contributed by atoms with E-state index < -0.39 is 0 Å². The molecule has 110 valence electrons. The standard InChI is InChI=1S/C16H10Cl2N2OS/c17-11-5-3-4-10(8-11)9-19-20-16(21)15-14(18)12-6-1-2-7-13(12)22-15/h1-9H,(H,20,21). The summed E-state index contributed by atoms with van der Waals surface area (Å²) in [5, 5.41) is 5.88. The average Bonchev–Trinajstić information content (AvgIpc) is 2.85. The number of hydrazone groups is 1. The summed E-state index contributed by atoms with van der Waals surface area (Å²) in [6, 6.07) is 14.8. The lowest BCUT2D eigenvalue weighted by Crippen LogP contribution is -2.16. The number of benzene rings is 2. The zero-order chi connectivity index (χ0) is 15.5. The molecule has 0 spiro atoms. The first-order valence-electron chi connectivity index (χ1n) is 6.41. The molecule has 0 aliphatic carbocycles. The summed E-state index contributed by atoms with van der Waals surface area (Å²) in [4.78, 5) is 12.6. The van der Waals surface area contributed by atoms with Crippen molar-refractivity contribution in [1.29, 1.82) is 0 Å². The summed E-state index contributed by atoms with van der Waals surface area (Å²) in [7, 11) is 0. The zero-order valence-electron chi connectivity index (χ0n) is 11.2. The van der Waals surface area contributed by atoms with Gasteiger partial charge in [0, 0.05) is 15.1 Å². The lowest BCUT2D eigenvalue weighted by atomic mass is 10.2. The van der Waals surface area contributed by atoms with E-state index in [9.17, 15) is 4.79 Å². The highest BCUT2D eigenvalue weighted by molar-refractivity contribution is 7.21. The van der Waals surface area contributed by atoms with Crippen LogP contribution in [0.5, 0.6) is 0 Å². The Morgan fingerprint density at radius 2 is 1.95 bits per heavy atom. The number of nitrogens with zero attached hydrogens (tertiary/aromatic N) is 1. The van der Waals surface area contributed by atoms with Crippen LogP contribution in [0.2, 0.25) is 10.0 Å². The third kappa shape index (κ3) is 3.14. The van der Waals surface area contributed by atoms with Gasteiger partial charge in [-0.3, -0.25) is 4.79 Å². The zero-order valence-corrected chi connectivity index (χ0v) is 13.5. The molecule has 6 heteroatoms. The smallest absolute Gasteiger partial charge is 0.266 e. The largest absolute Gasteiger partial charge is 0.283 e. The minimum atomic E-state index is -0.329. The minimum absolute atomic E-state index is 0.329. The SMILES string of the molecule is O=C(NN=Cc1cccc(Cl)c1)c1sc2ccccc2c1Cl. The Bertz CT molecular complexity index is 873. The number of halogens is 2. The molecule has 0 aliphatic rings. The van der Waals surface area contributed by atoms with E-state index in [0.717, 1.165) is 15.6 Å². The van der Waals surface area contributed by atoms with Gasteiger partial charge in [0.25, 0.3) is 5.91 Å². The van der Waals surface area contributed by atoms with E-state index in [1.54, 1.807) is 12.1 Å². The number of hydrogen-bond acceptors (Lipinski definition) is 3. The summed E-state index contributed by atoms with van der Waals surface area (Å²) >= 11 is 13.5. The first-order chi connectivity index (χ1) is 10.6. The summed E-state index contributed by atoms with van der Waals surface area (Å²) < 4.78 is 0.969. The van der Waals surface area contributed by atoms with E-state index in [1.807, 2.05) is 36.4 Å². The molecule has 1 N–H and O–H groups in total. The lowest BCUT2D eigenvalue weighted by molar-refractivity contribution is 0.0959. The van der Waals surface area contributed by atoms with Crippen LogP contribution in [0.15, 0.2) is 53.6 Å². The Balaban J connectivity index is 1.77. The Labute approximate surface area is 141 Å². The van der Waals surface area contributed by atoms with Crippen molar-refractivity contribution in [3.63, 3.8) is 0 Å². The molecule has 3 aromatic rings. The van der Waals surface area contributed by atoms with Crippen molar-refractivity contribution < 1.29 is 4.79 Å². The molecular weight excluding hydrogens is 339 g/mol. The quantitative estimate of drug-likeness (QED) is 0.526. The molecule has 0 fully saturated rings. The Morgan fingerprint density at radius 1 is 1.14 bits per heavy atom. The Morgan fingerprint density at radius 3 is 2.73 bits per heavy atom. The van der Waals surface area contributed by atoms with Crippen LogP contribution in [0.1, 0.15) is 15.2 Å². The number of nitrogens with one attached hydrogen (secondary N) is 1. The Hall–Kier alpha value is -1.88. The first kappa shape index (κ1) is 15.0. The summed E-state index contributed by atoms with van der Waals surface area (Å²) in [5.74, 6) is -0.329. The fraction of sp³-hybridized carbons (Fsp3) is 0. The topological polar surface area (TPSA) is 41.5 Å². The number of hydrogen-bond donors (Lipinski definition) is 1. The van der Waals surface area contributed by atoms with Crippen molar-refractivity contribution in [2.75, 3.05) is 0 Å². The van der Waals surface area contributed by atoms with Crippen LogP contribution >= 0.6 is 34.5 Å². The van der Waals surface area contributed by atoms with Gasteiger partial charge in [-0.2, -0.15) is 5.10 Å². The van der Waals surface area contributed by atoms with Crippen molar-refractivity contribution in [2.24, 2.45) is 5.10 Å². The number of rotatable bonds is 3. The molecule has 0 bridgehead atoms. The van der Waals surface area contributed by atoms with Crippen molar-refractivity contribution in [2.45, 2.75) is 0 Å². The van der Waals surface area contributed by atoms with Gasteiger partial charge in [-0.25, -0.2) is 5.43 Å². The molecule has 0 radical (unpaired) electrons. The summed E-state index contributed by atoms with van der Waals surface area (Å²) in [6.45, 7) is 0. The number of carbonyl (C=O) groups is 1. The molecule has 3 nitrogen and oxygen atoms in total. The van der Waals surface area contributed by atoms with Gasteiger partial charge in [0.05, 0.1) is 11.2 Å². The molecule has 22 heavy (non-hydrogen) atoms. The maximum absolute atomic E-state index is 12.2. The average molecular weight is 349 g/mol. The second kappa shape index (κ2) is 6.48. The minimum Gasteiger partial charge on any atom is -0.266 e. The molecule has 3 rings (SSSR count). The molecule has 0 unspecified atom stereocenters. The highest BCUT2D eigenvalue weighted by Gasteiger charge is 2.16. The summed E-state index contributed by atoms with van der Waals surface area (Å²) in [5.41, 5.74) is 3.28. The van der Waals surface area contributed by atoms with Crippen LogP contribution in [-0.4, -0.2) is 12.1 Å². The van der Waals surface area contributed by atoms with Crippen LogP contribution in [0.3, 0.4) is 0 Å². The van der Waals surface area contributed by atoms with Gasteiger partial charge in [-0.1, -0.05) is 53.5 Å². The highest BCUT2D eigenvalue weighted by Crippen LogP contribution is 2.34. The summed E-state index contributed by atoms with van der Waals surface area (Å²) in [6.07, 6.45) is 1.53. The third-order valence-corrected chi connectivity index (χ3v) is 4.88. The predicted molar refractivity (Wildman–Crippen MR) is 93.3 cm³/mol. The monoisotopic (exact) mass is 348 g/mol. The number of carbonyl (C=O) groups excluding carboxylic acids is 1. The highest BCUT2D eigenvalue weighted by atomic mass is 35.5. The maximum Gasteiger partial charge on any atom is 0.283 e. The van der Waals surface area contributed by atoms with Crippen LogP contribution in [0, 0.1) is 0 Å². The van der Waals surface area contributed by atoms with Gasteiger partial charge < -0.3 is 0 Å². The van der Waals surface area contributed by atoms with Crippen LogP contribution < -0.4 is 5.43 Å². The molecule has 2 aromatic carbocycles. The van der Waals surface area contributed by atoms with E-state index >= 15 is 0 Å². The molecule has 1 heterocycles. The van der Waals surface area contributed by atoms with Crippen LogP contribution in [-0.2, 0) is 0 Å². The van der Waals surface area contributed by atoms with Crippen molar-refractivity contribution in [3.8, 4) is 0 Å². The molecule has 0 saturated carbocycles. The normalized spacial score (nSPS) is 11.2. The van der Waals surface area contributed by atoms with Gasteiger partial charge in [-0.05, 0) is 23.8 Å². The van der Waals surface area contributed by atoms with E-state index in [-0.39, 0.29) is 5.91 Å². The van der Waals surface area contributed by atoms with E-state index in [2.05, 4.69) is 10.5 Å². The molecular formula is C16H10Cl2N2OS. The fourth-order valence-electron chi connectivity index (χ4n) is 1.96. The van der Waals surface area contributed by atoms with Crippen LogP contribution in [0.25, 0.3) is 10.1 Å². The van der Waals surface area contributed by atoms with Gasteiger partial charge >= 0.3 is 0 Å². The van der Waals surface area contributed by atoms with Crippen LogP contribution in [0.4, 0.5) is 0 Å². The van der Waals surface area contributed by atoms with E-state index in [1.165, 1.54) is 17.6 Å². The van der Waals surface area contributed by atoms with E-state index in [4.69, 9.17) is 23.2 Å². The Kier molecular flexibility index (Phi) is 4.43. The maximum atomic E-state index is 12.2. The number of fused-ring (bicyclic) bond motifs is 1. The molecule has 1 aromatic heterocycles. The number of amides is 1. The van der Waals surface area contributed by atoms with Gasteiger partial charge in [-0.15, -0.1) is 11.3 Å². The first-order valence-corrected chi connectivity index (χ1v) is 7.98.